The summed E-state index contributed by atoms with van der Waals surface area (Å²) in [5.74, 6) is 0.897. The molecule has 5 aromatic rings. The Balaban J connectivity index is 1.46. The fraction of sp³-hybridized carbons (Fsp3) is 0.267. The average Bonchev–Trinajstić information content (AvgIpc) is 3.40. The molecule has 1 fully saturated rings. The number of ether oxygens (including phenoxy) is 1. The number of aryl methyl sites for hydroxylation is 2. The zero-order valence-electron chi connectivity index (χ0n) is 20.6. The van der Waals surface area contributed by atoms with Crippen molar-refractivity contribution in [3.05, 3.63) is 83.7 Å². The third-order valence-electron chi connectivity index (χ3n) is 7.23. The monoisotopic (exact) mass is 479 g/mol. The normalized spacial score (nSPS) is 14.5. The molecule has 0 unspecified atom stereocenters. The van der Waals surface area contributed by atoms with Crippen molar-refractivity contribution in [1.29, 1.82) is 0 Å². The van der Waals surface area contributed by atoms with Crippen LogP contribution in [0.15, 0.2) is 71.3 Å². The number of aromatic nitrogens is 2. The molecule has 1 N–H and O–H groups in total. The Morgan fingerprint density at radius 3 is 2.53 bits per heavy atom. The molecule has 6 nitrogen and oxygen atoms in total. The number of carbonyl (C=O) groups is 1. The van der Waals surface area contributed by atoms with Crippen LogP contribution in [-0.4, -0.2) is 28.8 Å². The number of fused-ring (bicyclic) bond motifs is 3. The van der Waals surface area contributed by atoms with Crippen LogP contribution >= 0.6 is 0 Å². The first kappa shape index (κ1) is 22.6. The first-order chi connectivity index (χ1) is 17.6. The van der Waals surface area contributed by atoms with E-state index < -0.39 is 0 Å². The van der Waals surface area contributed by atoms with Gasteiger partial charge in [0, 0.05) is 53.2 Å². The fourth-order valence-electron chi connectivity index (χ4n) is 5.37. The molecule has 0 bridgehead atoms. The van der Waals surface area contributed by atoms with Crippen LogP contribution in [0.2, 0.25) is 0 Å². The van der Waals surface area contributed by atoms with Crippen LogP contribution in [0.25, 0.3) is 32.9 Å². The van der Waals surface area contributed by atoms with Gasteiger partial charge in [-0.2, -0.15) is 0 Å². The second kappa shape index (κ2) is 9.28. The zero-order chi connectivity index (χ0) is 24.6. The van der Waals surface area contributed by atoms with Gasteiger partial charge < -0.3 is 19.1 Å². The van der Waals surface area contributed by atoms with Crippen molar-refractivity contribution >= 4 is 33.4 Å². The largest absolute Gasteiger partial charge is 0.381 e. The highest BCUT2D eigenvalue weighted by molar-refractivity contribution is 6.11. The van der Waals surface area contributed by atoms with Crippen LogP contribution in [0, 0.1) is 19.8 Å². The van der Waals surface area contributed by atoms with E-state index in [4.69, 9.17) is 9.26 Å². The SMILES string of the molecule is Cc1noc(C)c1-c1ccc2c3cc(NC(=O)C4CCOCC4)ccc3n(Cc3ccccc3)c2c1. The minimum atomic E-state index is 0.00600. The number of amides is 1. The number of benzene rings is 3. The van der Waals surface area contributed by atoms with Crippen LogP contribution in [0.1, 0.15) is 29.9 Å². The minimum Gasteiger partial charge on any atom is -0.381 e. The Morgan fingerprint density at radius 1 is 0.972 bits per heavy atom. The maximum absolute atomic E-state index is 12.9. The number of anilines is 1. The average molecular weight is 480 g/mol. The lowest BCUT2D eigenvalue weighted by molar-refractivity contribution is -0.122. The Kier molecular flexibility index (Phi) is 5.82. The molecule has 2 aromatic heterocycles. The highest BCUT2D eigenvalue weighted by Crippen LogP contribution is 2.36. The van der Waals surface area contributed by atoms with Crippen LogP contribution in [0.4, 0.5) is 5.69 Å². The molecule has 0 spiro atoms. The molecule has 1 saturated heterocycles. The molecule has 182 valence electrons. The van der Waals surface area contributed by atoms with E-state index in [9.17, 15) is 4.79 Å². The molecule has 36 heavy (non-hydrogen) atoms. The van der Waals surface area contributed by atoms with E-state index in [0.29, 0.717) is 13.2 Å². The second-order valence-electron chi connectivity index (χ2n) is 9.61. The lowest BCUT2D eigenvalue weighted by Gasteiger charge is -2.21. The predicted molar refractivity (Wildman–Crippen MR) is 142 cm³/mol. The van der Waals surface area contributed by atoms with Crippen molar-refractivity contribution in [3.63, 3.8) is 0 Å². The van der Waals surface area contributed by atoms with Crippen LogP contribution in [-0.2, 0) is 16.1 Å². The van der Waals surface area contributed by atoms with Crippen molar-refractivity contribution in [3.8, 4) is 11.1 Å². The van der Waals surface area contributed by atoms with E-state index in [1.54, 1.807) is 0 Å². The van der Waals surface area contributed by atoms with Crippen LogP contribution < -0.4 is 5.32 Å². The van der Waals surface area contributed by atoms with E-state index in [1.807, 2.05) is 26.0 Å². The first-order valence-electron chi connectivity index (χ1n) is 12.5. The summed E-state index contributed by atoms with van der Waals surface area (Å²) in [4.78, 5) is 12.9. The molecule has 1 aliphatic rings. The minimum absolute atomic E-state index is 0.00600. The zero-order valence-corrected chi connectivity index (χ0v) is 20.6. The van der Waals surface area contributed by atoms with Crippen LogP contribution in [0.3, 0.4) is 0 Å². The van der Waals surface area contributed by atoms with Crippen LogP contribution in [0.5, 0.6) is 0 Å². The standard InChI is InChI=1S/C30H29N3O3/c1-19-29(20(2)36-32-19)23-8-10-25-26-17-24(31-30(34)22-12-14-35-15-13-22)9-11-27(26)33(28(25)16-23)18-21-6-4-3-5-7-21/h3-11,16-17,22H,12-15,18H2,1-2H3,(H,31,34). The van der Waals surface area contributed by atoms with Crippen molar-refractivity contribution in [2.24, 2.45) is 5.92 Å². The number of rotatable bonds is 5. The molecule has 3 heterocycles. The summed E-state index contributed by atoms with van der Waals surface area (Å²) in [5.41, 5.74) is 7.34. The highest BCUT2D eigenvalue weighted by Gasteiger charge is 2.22. The number of hydrogen-bond acceptors (Lipinski definition) is 4. The van der Waals surface area contributed by atoms with Gasteiger partial charge in [0.15, 0.2) is 0 Å². The van der Waals surface area contributed by atoms with Crippen molar-refractivity contribution in [2.45, 2.75) is 33.2 Å². The summed E-state index contributed by atoms with van der Waals surface area (Å²) in [6.45, 7) is 5.98. The van der Waals surface area contributed by atoms with E-state index in [1.165, 1.54) is 5.56 Å². The highest BCUT2D eigenvalue weighted by atomic mass is 16.5. The van der Waals surface area contributed by atoms with Gasteiger partial charge in [-0.05, 0) is 62.1 Å². The Morgan fingerprint density at radius 2 is 1.78 bits per heavy atom. The molecule has 0 saturated carbocycles. The third-order valence-corrected chi connectivity index (χ3v) is 7.23. The van der Waals surface area contributed by atoms with Gasteiger partial charge in [0.1, 0.15) is 5.76 Å². The van der Waals surface area contributed by atoms with Gasteiger partial charge in [0.25, 0.3) is 0 Å². The van der Waals surface area contributed by atoms with Crippen molar-refractivity contribution in [1.82, 2.24) is 9.72 Å². The number of nitrogens with zero attached hydrogens (tertiary/aromatic N) is 2. The van der Waals surface area contributed by atoms with Crippen molar-refractivity contribution in [2.75, 3.05) is 18.5 Å². The Labute approximate surface area is 209 Å². The molecule has 0 atom stereocenters. The maximum Gasteiger partial charge on any atom is 0.227 e. The lowest BCUT2D eigenvalue weighted by Crippen LogP contribution is -2.28. The Hall–Kier alpha value is -3.90. The van der Waals surface area contributed by atoms with Gasteiger partial charge >= 0.3 is 0 Å². The number of hydrogen-bond donors (Lipinski definition) is 1. The fourth-order valence-corrected chi connectivity index (χ4v) is 5.37. The van der Waals surface area contributed by atoms with E-state index in [0.717, 1.165) is 69.5 Å². The molecule has 0 aliphatic carbocycles. The Bertz CT molecular complexity index is 1540. The number of carbonyl (C=O) groups excluding carboxylic acids is 1. The molecular formula is C30H29N3O3. The molecule has 0 radical (unpaired) electrons. The smallest absolute Gasteiger partial charge is 0.227 e. The van der Waals surface area contributed by atoms with Gasteiger partial charge in [-0.15, -0.1) is 0 Å². The maximum atomic E-state index is 12.9. The second-order valence-corrected chi connectivity index (χ2v) is 9.61. The van der Waals surface area contributed by atoms with Gasteiger partial charge in [-0.1, -0.05) is 47.6 Å². The molecule has 6 heteroatoms. The summed E-state index contributed by atoms with van der Waals surface area (Å²) in [5, 5.41) is 9.58. The van der Waals surface area contributed by atoms with E-state index in [-0.39, 0.29) is 11.8 Å². The quantitative estimate of drug-likeness (QED) is 0.313. The van der Waals surface area contributed by atoms with Crippen molar-refractivity contribution < 1.29 is 14.1 Å². The lowest BCUT2D eigenvalue weighted by atomic mass is 9.99. The van der Waals surface area contributed by atoms with Gasteiger partial charge in [-0.3, -0.25) is 4.79 Å². The van der Waals surface area contributed by atoms with Gasteiger partial charge in [0.05, 0.1) is 11.2 Å². The molecule has 6 rings (SSSR count). The molecule has 1 aliphatic heterocycles. The third kappa shape index (κ3) is 4.07. The van der Waals surface area contributed by atoms with E-state index in [2.05, 4.69) is 69.6 Å². The summed E-state index contributed by atoms with van der Waals surface area (Å²) >= 11 is 0. The molecule has 1 amide bonds. The number of nitrogens with one attached hydrogen (secondary N) is 1. The topological polar surface area (TPSA) is 69.3 Å². The predicted octanol–water partition coefficient (Wildman–Crippen LogP) is 6.48. The van der Waals surface area contributed by atoms with Gasteiger partial charge in [0.2, 0.25) is 5.91 Å². The van der Waals surface area contributed by atoms with Gasteiger partial charge in [-0.25, -0.2) is 0 Å². The molecule has 3 aromatic carbocycles. The van der Waals surface area contributed by atoms with E-state index >= 15 is 0 Å². The molecular weight excluding hydrogens is 450 g/mol. The summed E-state index contributed by atoms with van der Waals surface area (Å²) in [7, 11) is 0. The summed E-state index contributed by atoms with van der Waals surface area (Å²) in [6.07, 6.45) is 1.55. The summed E-state index contributed by atoms with van der Waals surface area (Å²) in [6, 6.07) is 23.2. The summed E-state index contributed by atoms with van der Waals surface area (Å²) < 4.78 is 13.2. The first-order valence-corrected chi connectivity index (χ1v) is 12.5.